The molecule has 1 aliphatic heterocycles. The number of nitriles is 1. The highest BCUT2D eigenvalue weighted by Crippen LogP contribution is 2.37. The van der Waals surface area contributed by atoms with E-state index in [1.54, 1.807) is 32.4 Å². The Hall–Kier alpha value is -3.86. The number of fused-ring (bicyclic) bond motifs is 1. The summed E-state index contributed by atoms with van der Waals surface area (Å²) in [6.07, 6.45) is 8.37. The molecule has 46 heavy (non-hydrogen) atoms. The molecule has 1 saturated heterocycles. The van der Waals surface area contributed by atoms with E-state index in [0.717, 1.165) is 45.5 Å². The number of amides is 1. The lowest BCUT2D eigenvalue weighted by atomic mass is 10.0. The molecule has 244 valence electrons. The molecule has 0 aromatic carbocycles. The van der Waals surface area contributed by atoms with Crippen molar-refractivity contribution in [3.63, 3.8) is 0 Å². The zero-order valence-electron chi connectivity index (χ0n) is 27.7. The average Bonchev–Trinajstić information content (AvgIpc) is 3.58. The number of hydrogen-bond donors (Lipinski definition) is 0. The van der Waals surface area contributed by atoms with Gasteiger partial charge >= 0.3 is 6.09 Å². The summed E-state index contributed by atoms with van der Waals surface area (Å²) < 4.78 is 16.7. The fourth-order valence-electron chi connectivity index (χ4n) is 5.41. The van der Waals surface area contributed by atoms with E-state index in [-0.39, 0.29) is 24.4 Å². The van der Waals surface area contributed by atoms with E-state index < -0.39 is 13.7 Å². The third-order valence-corrected chi connectivity index (χ3v) is 10.7. The number of carbonyl (C=O) groups is 1. The molecule has 0 radical (unpaired) electrons. The van der Waals surface area contributed by atoms with Gasteiger partial charge in [0.15, 0.2) is 0 Å². The van der Waals surface area contributed by atoms with Crippen LogP contribution in [0.4, 0.5) is 4.79 Å². The Labute approximate surface area is 275 Å². The lowest BCUT2D eigenvalue weighted by Crippen LogP contribution is -2.42. The molecule has 5 rings (SSSR count). The summed E-state index contributed by atoms with van der Waals surface area (Å²) in [4.78, 5) is 28.8. The summed E-state index contributed by atoms with van der Waals surface area (Å²) in [5.41, 5.74) is 3.35. The minimum atomic E-state index is -1.21. The van der Waals surface area contributed by atoms with Crippen molar-refractivity contribution in [1.82, 2.24) is 28.9 Å². The maximum absolute atomic E-state index is 12.9. The van der Waals surface area contributed by atoms with Crippen LogP contribution in [-0.2, 0) is 16.2 Å². The Morgan fingerprint density at radius 1 is 1.15 bits per heavy atom. The van der Waals surface area contributed by atoms with E-state index in [2.05, 4.69) is 37.7 Å². The molecule has 4 aromatic rings. The smallest absolute Gasteiger partial charge is 0.410 e. The molecule has 1 fully saturated rings. The summed E-state index contributed by atoms with van der Waals surface area (Å²) in [6.45, 7) is 16.6. The van der Waals surface area contributed by atoms with Crippen LogP contribution in [0.1, 0.15) is 50.9 Å². The van der Waals surface area contributed by atoms with E-state index in [1.165, 1.54) is 11.8 Å². The predicted octanol–water partition coefficient (Wildman–Crippen LogP) is 6.58. The molecule has 13 heteroatoms. The average molecular weight is 662 g/mol. The van der Waals surface area contributed by atoms with E-state index in [0.29, 0.717) is 30.8 Å². The minimum Gasteiger partial charge on any atom is -0.444 e. The van der Waals surface area contributed by atoms with Gasteiger partial charge in [-0.05, 0) is 58.7 Å². The van der Waals surface area contributed by atoms with Crippen molar-refractivity contribution < 1.29 is 14.3 Å². The van der Waals surface area contributed by atoms with Crippen molar-refractivity contribution in [2.45, 2.75) is 94.4 Å². The second-order valence-electron chi connectivity index (χ2n) is 14.0. The van der Waals surface area contributed by atoms with Crippen molar-refractivity contribution in [2.24, 2.45) is 0 Å². The van der Waals surface area contributed by atoms with Gasteiger partial charge in [0.25, 0.3) is 5.56 Å². The molecule has 0 saturated carbocycles. The predicted molar refractivity (Wildman–Crippen MR) is 181 cm³/mol. The Kier molecular flexibility index (Phi) is 9.81. The van der Waals surface area contributed by atoms with Crippen molar-refractivity contribution in [2.75, 3.05) is 19.7 Å². The van der Waals surface area contributed by atoms with Gasteiger partial charge in [0.2, 0.25) is 0 Å². The highest BCUT2D eigenvalue weighted by atomic mass is 32.2. The summed E-state index contributed by atoms with van der Waals surface area (Å²) >= 11 is 1.42. The van der Waals surface area contributed by atoms with E-state index >= 15 is 0 Å². The summed E-state index contributed by atoms with van der Waals surface area (Å²) in [6, 6.07) is 8.98. The first-order valence-corrected chi connectivity index (χ1v) is 20.1. The number of piperidine rings is 1. The number of pyridine rings is 2. The number of carbonyl (C=O) groups excluding carboxylic acids is 1. The Bertz CT molecular complexity index is 1820. The minimum absolute atomic E-state index is 0.144. The van der Waals surface area contributed by atoms with Gasteiger partial charge in [-0.25, -0.2) is 9.31 Å². The Morgan fingerprint density at radius 3 is 2.54 bits per heavy atom. The van der Waals surface area contributed by atoms with Gasteiger partial charge in [0.05, 0.1) is 29.5 Å². The van der Waals surface area contributed by atoms with Crippen LogP contribution < -0.4 is 5.56 Å². The van der Waals surface area contributed by atoms with Crippen molar-refractivity contribution in [1.29, 1.82) is 5.26 Å². The largest absolute Gasteiger partial charge is 0.444 e. The molecule has 0 bridgehead atoms. The maximum Gasteiger partial charge on any atom is 0.410 e. The lowest BCUT2D eigenvalue weighted by Gasteiger charge is -2.33. The van der Waals surface area contributed by atoms with Crippen LogP contribution in [0.3, 0.4) is 0 Å². The second kappa shape index (κ2) is 13.5. The third-order valence-electron chi connectivity index (χ3n) is 7.94. The van der Waals surface area contributed by atoms with Crippen molar-refractivity contribution in [3.05, 3.63) is 64.6 Å². The maximum atomic E-state index is 12.9. The highest BCUT2D eigenvalue weighted by molar-refractivity contribution is 7.99. The molecule has 0 aliphatic carbocycles. The van der Waals surface area contributed by atoms with E-state index in [4.69, 9.17) is 14.6 Å². The van der Waals surface area contributed by atoms with Crippen LogP contribution in [0.5, 0.6) is 0 Å². The van der Waals surface area contributed by atoms with Gasteiger partial charge in [0, 0.05) is 72.8 Å². The number of likely N-dealkylation sites (tertiary alicyclic amines) is 1. The van der Waals surface area contributed by atoms with Gasteiger partial charge in [-0.3, -0.25) is 14.0 Å². The van der Waals surface area contributed by atoms with E-state index in [1.807, 2.05) is 50.0 Å². The number of rotatable bonds is 9. The topological polar surface area (TPSA) is 120 Å². The lowest BCUT2D eigenvalue weighted by molar-refractivity contribution is 0.0184. The molecule has 4 aromatic heterocycles. The van der Waals surface area contributed by atoms with Gasteiger partial charge in [0.1, 0.15) is 18.4 Å². The van der Waals surface area contributed by atoms with Gasteiger partial charge in [-0.15, -0.1) is 0 Å². The first-order valence-electron chi connectivity index (χ1n) is 15.6. The first-order chi connectivity index (χ1) is 21.7. The first kappa shape index (κ1) is 33.5. The monoisotopic (exact) mass is 661 g/mol. The number of ether oxygens (including phenoxy) is 2. The molecule has 1 amide bonds. The van der Waals surface area contributed by atoms with Crippen LogP contribution in [0.2, 0.25) is 25.7 Å². The standard InChI is InChI=1S/C33H43N7O4SSi/c1-23-28(20-36-40(23)26-8-11-37(12-9-26)32(42)44-33(2,3)4)24-16-29(31-25(18-34)19-35-39(31)21-24)45-27-10-13-38(30(41)17-27)22-43-14-15-46(5,6)7/h10,13,16-17,19-21,26H,8-9,11-12,14-15,22H2,1-7H3. The number of nitrogens with zero attached hydrogens (tertiary/aromatic N) is 7. The number of aromatic nitrogens is 5. The number of hydrogen-bond acceptors (Lipinski definition) is 8. The van der Waals surface area contributed by atoms with E-state index in [9.17, 15) is 14.9 Å². The molecule has 0 atom stereocenters. The van der Waals surface area contributed by atoms with Crippen LogP contribution >= 0.6 is 11.8 Å². The molecule has 0 N–H and O–H groups in total. The summed E-state index contributed by atoms with van der Waals surface area (Å²) in [5, 5.41) is 19.0. The van der Waals surface area contributed by atoms with Crippen LogP contribution in [-0.4, -0.2) is 68.3 Å². The summed E-state index contributed by atoms with van der Waals surface area (Å²) in [7, 11) is -1.21. The fraction of sp³-hybridized carbons (Fsp3) is 0.485. The zero-order chi connectivity index (χ0) is 33.2. The second-order valence-corrected chi connectivity index (χ2v) is 20.7. The SMILES string of the molecule is Cc1c(-c2cc(Sc3ccn(COCC[Si](C)(C)C)c(=O)c3)c3c(C#N)cnn3c2)cnn1C1CCN(C(=O)OC(C)(C)C)CC1. The Balaban J connectivity index is 1.36. The molecule has 1 aliphatic rings. The highest BCUT2D eigenvalue weighted by Gasteiger charge is 2.29. The zero-order valence-corrected chi connectivity index (χ0v) is 29.6. The van der Waals surface area contributed by atoms with Gasteiger partial charge in [-0.2, -0.15) is 15.5 Å². The molecule has 0 unspecified atom stereocenters. The molecule has 0 spiro atoms. The van der Waals surface area contributed by atoms with Crippen LogP contribution in [0, 0.1) is 18.3 Å². The van der Waals surface area contributed by atoms with Crippen molar-refractivity contribution in [3.8, 4) is 17.2 Å². The fourth-order valence-corrected chi connectivity index (χ4v) is 7.20. The third kappa shape index (κ3) is 7.91. The van der Waals surface area contributed by atoms with Crippen molar-refractivity contribution >= 4 is 31.4 Å². The normalized spacial score (nSPS) is 14.5. The molecule has 11 nitrogen and oxygen atoms in total. The Morgan fingerprint density at radius 2 is 1.89 bits per heavy atom. The van der Waals surface area contributed by atoms with Gasteiger partial charge < -0.3 is 14.4 Å². The summed E-state index contributed by atoms with van der Waals surface area (Å²) in [5.74, 6) is 0. The van der Waals surface area contributed by atoms with Crippen LogP contribution in [0.15, 0.2) is 57.6 Å². The molecular formula is C33H43N7O4SSi. The quantitative estimate of drug-likeness (QED) is 0.146. The molecule has 5 heterocycles. The van der Waals surface area contributed by atoms with Crippen LogP contribution in [0.25, 0.3) is 16.6 Å². The van der Waals surface area contributed by atoms with Gasteiger partial charge in [-0.1, -0.05) is 31.4 Å². The molecular weight excluding hydrogens is 619 g/mol.